The van der Waals surface area contributed by atoms with Gasteiger partial charge >= 0.3 is 0 Å². The summed E-state index contributed by atoms with van der Waals surface area (Å²) in [6.45, 7) is 1.81. The number of para-hydroxylation sites is 1. The van der Waals surface area contributed by atoms with E-state index >= 15 is 0 Å². The van der Waals surface area contributed by atoms with Gasteiger partial charge in [-0.25, -0.2) is 13.8 Å². The quantitative estimate of drug-likeness (QED) is 0.321. The molecule has 0 fully saturated rings. The van der Waals surface area contributed by atoms with Gasteiger partial charge in [0.25, 0.3) is 5.56 Å². The molecule has 0 unspecified atom stereocenters. The molecule has 36 heavy (non-hydrogen) atoms. The number of halogens is 3. The van der Waals surface area contributed by atoms with Crippen molar-refractivity contribution in [1.29, 1.82) is 0 Å². The lowest BCUT2D eigenvalue weighted by Crippen LogP contribution is -2.24. The lowest BCUT2D eigenvalue weighted by molar-refractivity contribution is 0.307. The standard InChI is InChI=1S/C26H20ClF2N5O2/c1-15-8-19(23-6-7-31-33(23)2)18-4-3-5-24(25(18)32-15)36-14-20-16(10-30-11-21(20)27)12-34-13-17(28)9-22(29)26(34)35/h3-11,13H,12,14H2,1-2H3. The van der Waals surface area contributed by atoms with E-state index in [2.05, 4.69) is 10.1 Å². The molecule has 1 aromatic carbocycles. The molecule has 0 aliphatic rings. The molecule has 0 aliphatic heterocycles. The molecule has 4 heterocycles. The van der Waals surface area contributed by atoms with Crippen LogP contribution in [0.5, 0.6) is 5.75 Å². The molecule has 10 heteroatoms. The summed E-state index contributed by atoms with van der Waals surface area (Å²) >= 11 is 6.41. The molecule has 0 aliphatic carbocycles. The van der Waals surface area contributed by atoms with Gasteiger partial charge in [0.15, 0.2) is 5.82 Å². The molecular formula is C26H20ClF2N5O2. The second-order valence-corrected chi connectivity index (χ2v) is 8.70. The third-order valence-electron chi connectivity index (χ3n) is 5.84. The Hall–Kier alpha value is -4.11. The highest BCUT2D eigenvalue weighted by Crippen LogP contribution is 2.33. The number of aryl methyl sites for hydroxylation is 2. The van der Waals surface area contributed by atoms with E-state index in [9.17, 15) is 13.6 Å². The Balaban J connectivity index is 1.51. The van der Waals surface area contributed by atoms with Gasteiger partial charge in [-0.05, 0) is 30.7 Å². The molecule has 0 bridgehead atoms. The van der Waals surface area contributed by atoms with Gasteiger partial charge in [0.05, 0.1) is 17.3 Å². The van der Waals surface area contributed by atoms with Crippen LogP contribution in [0, 0.1) is 18.6 Å². The van der Waals surface area contributed by atoms with Gasteiger partial charge in [-0.15, -0.1) is 0 Å². The molecular weight excluding hydrogens is 488 g/mol. The zero-order chi connectivity index (χ0) is 25.4. The van der Waals surface area contributed by atoms with E-state index in [0.717, 1.165) is 33.1 Å². The highest BCUT2D eigenvalue weighted by Gasteiger charge is 2.16. The summed E-state index contributed by atoms with van der Waals surface area (Å²) in [6, 6.07) is 10.1. The summed E-state index contributed by atoms with van der Waals surface area (Å²) in [5, 5.41) is 5.47. The molecule has 0 saturated carbocycles. The van der Waals surface area contributed by atoms with Crippen LogP contribution in [0.15, 0.2) is 66.0 Å². The summed E-state index contributed by atoms with van der Waals surface area (Å²) in [6.07, 6.45) is 5.62. The molecule has 0 saturated heterocycles. The summed E-state index contributed by atoms with van der Waals surface area (Å²) in [7, 11) is 1.88. The van der Waals surface area contributed by atoms with Gasteiger partial charge < -0.3 is 9.30 Å². The Kier molecular flexibility index (Phi) is 6.24. The topological polar surface area (TPSA) is 74.8 Å². The molecule has 0 radical (unpaired) electrons. The van der Waals surface area contributed by atoms with Crippen molar-refractivity contribution in [3.63, 3.8) is 0 Å². The first kappa shape index (κ1) is 23.6. The van der Waals surface area contributed by atoms with Crippen molar-refractivity contribution < 1.29 is 13.5 Å². The van der Waals surface area contributed by atoms with Crippen LogP contribution in [0.25, 0.3) is 22.2 Å². The van der Waals surface area contributed by atoms with E-state index < -0.39 is 17.2 Å². The molecule has 4 aromatic heterocycles. The fourth-order valence-electron chi connectivity index (χ4n) is 4.13. The minimum atomic E-state index is -1.18. The summed E-state index contributed by atoms with van der Waals surface area (Å²) in [5.41, 5.74) is 3.48. The highest BCUT2D eigenvalue weighted by molar-refractivity contribution is 6.31. The minimum Gasteiger partial charge on any atom is -0.487 e. The maximum atomic E-state index is 13.8. The van der Waals surface area contributed by atoms with E-state index in [-0.39, 0.29) is 13.2 Å². The molecule has 182 valence electrons. The largest absolute Gasteiger partial charge is 0.487 e. The summed E-state index contributed by atoms with van der Waals surface area (Å²) in [4.78, 5) is 20.9. The van der Waals surface area contributed by atoms with Crippen LogP contribution in [-0.2, 0) is 20.2 Å². The van der Waals surface area contributed by atoms with Crippen LogP contribution in [0.4, 0.5) is 8.78 Å². The minimum absolute atomic E-state index is 0.0268. The third kappa shape index (κ3) is 4.45. The van der Waals surface area contributed by atoms with E-state index in [1.807, 2.05) is 44.3 Å². The first-order valence-corrected chi connectivity index (χ1v) is 11.4. The Bertz CT molecular complexity index is 1660. The number of fused-ring (bicyclic) bond motifs is 1. The van der Waals surface area contributed by atoms with E-state index in [0.29, 0.717) is 33.5 Å². The number of pyridine rings is 3. The number of hydrogen-bond acceptors (Lipinski definition) is 5. The first-order valence-electron chi connectivity index (χ1n) is 11.0. The normalized spacial score (nSPS) is 11.2. The maximum Gasteiger partial charge on any atom is 0.287 e. The van der Waals surface area contributed by atoms with Crippen molar-refractivity contribution in [2.45, 2.75) is 20.1 Å². The van der Waals surface area contributed by atoms with Gasteiger partial charge in [-0.1, -0.05) is 23.7 Å². The smallest absolute Gasteiger partial charge is 0.287 e. The Morgan fingerprint density at radius 2 is 1.97 bits per heavy atom. The second-order valence-electron chi connectivity index (χ2n) is 8.29. The molecule has 0 atom stereocenters. The number of nitrogens with zero attached hydrogens (tertiary/aromatic N) is 5. The van der Waals surface area contributed by atoms with Gasteiger partial charge in [0.1, 0.15) is 23.7 Å². The highest BCUT2D eigenvalue weighted by atomic mass is 35.5. The SMILES string of the molecule is Cc1cc(-c2ccnn2C)c2cccc(OCc3c(Cl)cncc3Cn3cc(F)cc(F)c3=O)c2n1. The van der Waals surface area contributed by atoms with Crippen LogP contribution in [0.1, 0.15) is 16.8 Å². The number of rotatable bonds is 6. The Labute approximate surface area is 209 Å². The number of aromatic nitrogens is 5. The van der Waals surface area contributed by atoms with Crippen LogP contribution in [0.3, 0.4) is 0 Å². The van der Waals surface area contributed by atoms with Crippen molar-refractivity contribution in [2.24, 2.45) is 7.05 Å². The van der Waals surface area contributed by atoms with Crippen LogP contribution >= 0.6 is 11.6 Å². The third-order valence-corrected chi connectivity index (χ3v) is 6.17. The maximum absolute atomic E-state index is 13.8. The van der Waals surface area contributed by atoms with Gasteiger partial charge in [0.2, 0.25) is 0 Å². The molecule has 0 N–H and O–H groups in total. The number of ether oxygens (including phenoxy) is 1. The predicted molar refractivity (Wildman–Crippen MR) is 132 cm³/mol. The van der Waals surface area contributed by atoms with Crippen LogP contribution in [0.2, 0.25) is 5.02 Å². The van der Waals surface area contributed by atoms with Gasteiger partial charge in [-0.2, -0.15) is 5.10 Å². The first-order chi connectivity index (χ1) is 17.3. The van der Waals surface area contributed by atoms with E-state index in [1.165, 1.54) is 12.4 Å². The van der Waals surface area contributed by atoms with E-state index in [4.69, 9.17) is 21.3 Å². The molecule has 0 spiro atoms. The van der Waals surface area contributed by atoms with Crippen LogP contribution < -0.4 is 10.3 Å². The van der Waals surface area contributed by atoms with Crippen molar-refractivity contribution in [3.8, 4) is 17.0 Å². The lowest BCUT2D eigenvalue weighted by atomic mass is 10.0. The zero-order valence-corrected chi connectivity index (χ0v) is 20.1. The monoisotopic (exact) mass is 507 g/mol. The van der Waals surface area contributed by atoms with Crippen molar-refractivity contribution in [3.05, 3.63) is 105 Å². The molecule has 0 amide bonds. The fraction of sp³-hybridized carbons (Fsp3) is 0.154. The Morgan fingerprint density at radius 3 is 2.75 bits per heavy atom. The van der Waals surface area contributed by atoms with Crippen molar-refractivity contribution in [1.82, 2.24) is 24.3 Å². The van der Waals surface area contributed by atoms with Crippen molar-refractivity contribution in [2.75, 3.05) is 0 Å². The molecule has 7 nitrogen and oxygen atoms in total. The zero-order valence-electron chi connectivity index (χ0n) is 19.4. The molecule has 5 rings (SSSR count). The Morgan fingerprint density at radius 1 is 1.14 bits per heavy atom. The second kappa shape index (κ2) is 9.50. The van der Waals surface area contributed by atoms with Crippen LogP contribution in [-0.4, -0.2) is 24.3 Å². The van der Waals surface area contributed by atoms with Gasteiger partial charge in [0, 0.05) is 60.1 Å². The fourth-order valence-corrected chi connectivity index (χ4v) is 4.36. The van der Waals surface area contributed by atoms with E-state index in [1.54, 1.807) is 10.9 Å². The average Bonchev–Trinajstić information content (AvgIpc) is 3.27. The van der Waals surface area contributed by atoms with Crippen molar-refractivity contribution >= 4 is 22.5 Å². The summed E-state index contributed by atoms with van der Waals surface area (Å²) in [5.74, 6) is -1.50. The van der Waals surface area contributed by atoms with Gasteiger partial charge in [-0.3, -0.25) is 14.5 Å². The summed E-state index contributed by atoms with van der Waals surface area (Å²) < 4.78 is 36.4. The average molecular weight is 508 g/mol. The number of benzene rings is 1. The predicted octanol–water partition coefficient (Wildman–Crippen LogP) is 5.06. The molecule has 5 aromatic rings. The number of hydrogen-bond donors (Lipinski definition) is 0. The lowest BCUT2D eigenvalue weighted by Gasteiger charge is -2.16.